The van der Waals surface area contributed by atoms with Gasteiger partial charge in [-0.2, -0.15) is 5.26 Å². The van der Waals surface area contributed by atoms with Crippen LogP contribution in [-0.4, -0.2) is 43.3 Å². The minimum atomic E-state index is -3.00. The molecule has 0 aromatic heterocycles. The third-order valence-electron chi connectivity index (χ3n) is 3.87. The Morgan fingerprint density at radius 2 is 2.05 bits per heavy atom. The predicted molar refractivity (Wildman–Crippen MR) is 83.9 cm³/mol. The highest BCUT2D eigenvalue weighted by molar-refractivity contribution is 7.91. The van der Waals surface area contributed by atoms with E-state index in [4.69, 9.17) is 5.26 Å². The van der Waals surface area contributed by atoms with Crippen LogP contribution >= 0.6 is 0 Å². The molecule has 1 fully saturated rings. The van der Waals surface area contributed by atoms with Gasteiger partial charge >= 0.3 is 0 Å². The molecule has 2 rings (SSSR count). The Hall–Kier alpha value is -1.87. The van der Waals surface area contributed by atoms with Crippen molar-refractivity contribution in [1.29, 1.82) is 5.26 Å². The van der Waals surface area contributed by atoms with Crippen LogP contribution in [0, 0.1) is 11.3 Å². The molecule has 118 valence electrons. The lowest BCUT2D eigenvalue weighted by Crippen LogP contribution is -2.42. The molecule has 1 atom stereocenters. The lowest BCUT2D eigenvalue weighted by Gasteiger charge is -2.28. The minimum Gasteiger partial charge on any atom is -0.338 e. The van der Waals surface area contributed by atoms with Gasteiger partial charge in [0, 0.05) is 12.6 Å². The second-order valence-corrected chi connectivity index (χ2v) is 7.86. The molecule has 0 bridgehead atoms. The monoisotopic (exact) mass is 320 g/mol. The van der Waals surface area contributed by atoms with Crippen molar-refractivity contribution in [1.82, 2.24) is 4.90 Å². The van der Waals surface area contributed by atoms with E-state index in [0.717, 1.165) is 12.0 Å². The average molecular weight is 320 g/mol. The molecule has 5 nitrogen and oxygen atoms in total. The quantitative estimate of drug-likeness (QED) is 0.824. The summed E-state index contributed by atoms with van der Waals surface area (Å²) in [5, 5.41) is 8.78. The topological polar surface area (TPSA) is 78.2 Å². The summed E-state index contributed by atoms with van der Waals surface area (Å²) in [7, 11) is -3.00. The van der Waals surface area contributed by atoms with Crippen LogP contribution in [0.15, 0.2) is 24.3 Å². The van der Waals surface area contributed by atoms with E-state index in [2.05, 4.69) is 0 Å². The number of nitriles is 1. The van der Waals surface area contributed by atoms with Crippen LogP contribution in [0.4, 0.5) is 0 Å². The van der Waals surface area contributed by atoms with Crippen molar-refractivity contribution in [3.05, 3.63) is 35.4 Å². The Bertz CT molecular complexity index is 674. The first kappa shape index (κ1) is 16.5. The maximum atomic E-state index is 12.5. The largest absolute Gasteiger partial charge is 0.338 e. The fraction of sp³-hybridized carbons (Fsp3) is 0.500. The molecule has 1 aromatic rings. The standard InChI is InChI=1S/C16H20N2O3S/c1-2-8-18(15-7-9-22(20,21)12-15)16(19)10-13-3-5-14(11-17)6-4-13/h3-6,15H,2,7-10,12H2,1H3/t15-/m1/s1. The molecule has 1 aliphatic rings. The first-order valence-corrected chi connectivity index (χ1v) is 9.26. The second kappa shape index (κ2) is 6.93. The van der Waals surface area contributed by atoms with Crippen molar-refractivity contribution in [2.24, 2.45) is 0 Å². The van der Waals surface area contributed by atoms with Gasteiger partial charge in [0.05, 0.1) is 29.6 Å². The molecular formula is C16H20N2O3S. The smallest absolute Gasteiger partial charge is 0.227 e. The van der Waals surface area contributed by atoms with Gasteiger partial charge in [-0.1, -0.05) is 19.1 Å². The molecule has 22 heavy (non-hydrogen) atoms. The van der Waals surface area contributed by atoms with E-state index in [-0.39, 0.29) is 29.9 Å². The predicted octanol–water partition coefficient (Wildman–Crippen LogP) is 1.53. The van der Waals surface area contributed by atoms with Gasteiger partial charge in [-0.25, -0.2) is 8.42 Å². The Kier molecular flexibility index (Phi) is 5.19. The van der Waals surface area contributed by atoms with Crippen molar-refractivity contribution >= 4 is 15.7 Å². The molecule has 1 aliphatic heterocycles. The molecule has 1 heterocycles. The number of nitrogens with zero attached hydrogens (tertiary/aromatic N) is 2. The number of rotatable bonds is 5. The number of benzene rings is 1. The van der Waals surface area contributed by atoms with E-state index in [1.807, 2.05) is 13.0 Å². The number of hydrogen-bond acceptors (Lipinski definition) is 4. The number of carbonyl (C=O) groups is 1. The third-order valence-corrected chi connectivity index (χ3v) is 5.62. The van der Waals surface area contributed by atoms with E-state index in [1.165, 1.54) is 0 Å². The zero-order valence-electron chi connectivity index (χ0n) is 12.7. The summed E-state index contributed by atoms with van der Waals surface area (Å²) in [4.78, 5) is 14.2. The number of sulfone groups is 1. The molecule has 1 amide bonds. The van der Waals surface area contributed by atoms with E-state index in [9.17, 15) is 13.2 Å². The maximum Gasteiger partial charge on any atom is 0.227 e. The Labute approximate surface area is 131 Å². The summed E-state index contributed by atoms with van der Waals surface area (Å²) in [6.07, 6.45) is 1.57. The van der Waals surface area contributed by atoms with Crippen molar-refractivity contribution in [2.75, 3.05) is 18.1 Å². The SMILES string of the molecule is CCCN(C(=O)Cc1ccc(C#N)cc1)[C@@H]1CCS(=O)(=O)C1. The summed E-state index contributed by atoms with van der Waals surface area (Å²) >= 11 is 0. The van der Waals surface area contributed by atoms with Crippen LogP contribution < -0.4 is 0 Å². The Morgan fingerprint density at radius 1 is 1.36 bits per heavy atom. The van der Waals surface area contributed by atoms with E-state index < -0.39 is 9.84 Å². The van der Waals surface area contributed by atoms with Crippen molar-refractivity contribution in [3.63, 3.8) is 0 Å². The molecule has 1 saturated heterocycles. The normalized spacial score (nSPS) is 19.5. The summed E-state index contributed by atoms with van der Waals surface area (Å²) in [6.45, 7) is 2.56. The zero-order chi connectivity index (χ0) is 16.2. The molecule has 0 radical (unpaired) electrons. The molecule has 0 saturated carbocycles. The lowest BCUT2D eigenvalue weighted by atomic mass is 10.1. The van der Waals surface area contributed by atoms with Crippen LogP contribution in [0.3, 0.4) is 0 Å². The highest BCUT2D eigenvalue weighted by Crippen LogP contribution is 2.19. The van der Waals surface area contributed by atoms with Crippen molar-refractivity contribution in [2.45, 2.75) is 32.2 Å². The van der Waals surface area contributed by atoms with Crippen LogP contribution in [0.2, 0.25) is 0 Å². The first-order chi connectivity index (χ1) is 10.4. The summed E-state index contributed by atoms with van der Waals surface area (Å²) in [5.41, 5.74) is 1.40. The van der Waals surface area contributed by atoms with E-state index in [0.29, 0.717) is 18.5 Å². The van der Waals surface area contributed by atoms with Gasteiger partial charge in [-0.15, -0.1) is 0 Å². The van der Waals surface area contributed by atoms with Crippen LogP contribution in [-0.2, 0) is 21.1 Å². The summed E-state index contributed by atoms with van der Waals surface area (Å²) < 4.78 is 23.3. The molecule has 6 heteroatoms. The first-order valence-electron chi connectivity index (χ1n) is 7.44. The van der Waals surface area contributed by atoms with Gasteiger partial charge in [0.15, 0.2) is 9.84 Å². The van der Waals surface area contributed by atoms with Gasteiger partial charge in [0.1, 0.15) is 0 Å². The second-order valence-electron chi connectivity index (χ2n) is 5.63. The molecule has 1 aromatic carbocycles. The molecule has 0 aliphatic carbocycles. The Balaban J connectivity index is 2.07. The summed E-state index contributed by atoms with van der Waals surface area (Å²) in [5.74, 6) is 0.197. The fourth-order valence-electron chi connectivity index (χ4n) is 2.75. The number of carbonyl (C=O) groups excluding carboxylic acids is 1. The van der Waals surface area contributed by atoms with Gasteiger partial charge in [0.2, 0.25) is 5.91 Å². The van der Waals surface area contributed by atoms with Crippen LogP contribution in [0.1, 0.15) is 30.9 Å². The fourth-order valence-corrected chi connectivity index (χ4v) is 4.48. The molecule has 0 spiro atoms. The van der Waals surface area contributed by atoms with Crippen molar-refractivity contribution < 1.29 is 13.2 Å². The summed E-state index contributed by atoms with van der Waals surface area (Å²) in [6, 6.07) is 8.76. The van der Waals surface area contributed by atoms with Gasteiger partial charge in [-0.3, -0.25) is 4.79 Å². The highest BCUT2D eigenvalue weighted by atomic mass is 32.2. The van der Waals surface area contributed by atoms with E-state index in [1.54, 1.807) is 29.2 Å². The molecule has 0 unspecified atom stereocenters. The lowest BCUT2D eigenvalue weighted by molar-refractivity contribution is -0.132. The third kappa shape index (κ3) is 4.08. The molecular weight excluding hydrogens is 300 g/mol. The zero-order valence-corrected chi connectivity index (χ0v) is 13.5. The maximum absolute atomic E-state index is 12.5. The van der Waals surface area contributed by atoms with Crippen LogP contribution in [0.25, 0.3) is 0 Å². The van der Waals surface area contributed by atoms with Crippen molar-refractivity contribution in [3.8, 4) is 6.07 Å². The average Bonchev–Trinajstić information content (AvgIpc) is 2.85. The van der Waals surface area contributed by atoms with E-state index >= 15 is 0 Å². The highest BCUT2D eigenvalue weighted by Gasteiger charge is 2.34. The number of amides is 1. The van der Waals surface area contributed by atoms with Gasteiger partial charge in [0.25, 0.3) is 0 Å². The van der Waals surface area contributed by atoms with Crippen LogP contribution in [0.5, 0.6) is 0 Å². The van der Waals surface area contributed by atoms with Gasteiger partial charge in [-0.05, 0) is 30.5 Å². The molecule has 0 N–H and O–H groups in total. The minimum absolute atomic E-state index is 0.0475. The Morgan fingerprint density at radius 3 is 2.55 bits per heavy atom. The number of hydrogen-bond donors (Lipinski definition) is 0. The van der Waals surface area contributed by atoms with Gasteiger partial charge < -0.3 is 4.90 Å².